The monoisotopic (exact) mass is 295 g/mol. The SMILES string of the molecule is CCNC(Cc1nc(C2CN(C)CCN2C)no1)C(C)C. The number of nitrogens with zero attached hydrogens (tertiary/aromatic N) is 4. The van der Waals surface area contributed by atoms with Crippen LogP contribution in [-0.4, -0.2) is 66.3 Å². The lowest BCUT2D eigenvalue weighted by molar-refractivity contribution is 0.108. The summed E-state index contributed by atoms with van der Waals surface area (Å²) in [5.41, 5.74) is 0. The number of piperazine rings is 1. The number of hydrogen-bond donors (Lipinski definition) is 1. The van der Waals surface area contributed by atoms with Crippen molar-refractivity contribution < 1.29 is 4.52 Å². The Morgan fingerprint density at radius 1 is 1.33 bits per heavy atom. The van der Waals surface area contributed by atoms with Gasteiger partial charge in [0, 0.05) is 32.1 Å². The Morgan fingerprint density at radius 3 is 2.76 bits per heavy atom. The van der Waals surface area contributed by atoms with Crippen LogP contribution >= 0.6 is 0 Å². The second-order valence-electron chi connectivity index (χ2n) is 6.42. The van der Waals surface area contributed by atoms with E-state index in [1.165, 1.54) is 0 Å². The van der Waals surface area contributed by atoms with E-state index in [1.807, 2.05) is 0 Å². The van der Waals surface area contributed by atoms with Crippen LogP contribution < -0.4 is 5.32 Å². The van der Waals surface area contributed by atoms with Gasteiger partial charge in [0.2, 0.25) is 5.89 Å². The van der Waals surface area contributed by atoms with Crippen LogP contribution in [0, 0.1) is 5.92 Å². The van der Waals surface area contributed by atoms with Crippen molar-refractivity contribution in [2.75, 3.05) is 40.3 Å². The molecule has 0 spiro atoms. The van der Waals surface area contributed by atoms with E-state index in [0.29, 0.717) is 12.0 Å². The third-order valence-corrected chi connectivity index (χ3v) is 4.30. The van der Waals surface area contributed by atoms with Gasteiger partial charge in [-0.25, -0.2) is 0 Å². The number of hydrogen-bond acceptors (Lipinski definition) is 6. The zero-order valence-electron chi connectivity index (χ0n) is 14.0. The first kappa shape index (κ1) is 16.4. The second-order valence-corrected chi connectivity index (χ2v) is 6.42. The molecule has 2 unspecified atom stereocenters. The topological polar surface area (TPSA) is 57.4 Å². The highest BCUT2D eigenvalue weighted by molar-refractivity contribution is 4.99. The molecule has 0 bridgehead atoms. The molecule has 1 aromatic rings. The van der Waals surface area contributed by atoms with Gasteiger partial charge in [0.1, 0.15) is 0 Å². The van der Waals surface area contributed by atoms with Gasteiger partial charge in [-0.15, -0.1) is 0 Å². The fraction of sp³-hybridized carbons (Fsp3) is 0.867. The molecule has 1 aliphatic rings. The maximum Gasteiger partial charge on any atom is 0.228 e. The molecule has 6 heteroatoms. The van der Waals surface area contributed by atoms with Crippen LogP contribution in [-0.2, 0) is 6.42 Å². The first-order chi connectivity index (χ1) is 10.0. The van der Waals surface area contributed by atoms with Crippen LogP contribution in [0.1, 0.15) is 38.5 Å². The highest BCUT2D eigenvalue weighted by Gasteiger charge is 2.28. The van der Waals surface area contributed by atoms with Crippen molar-refractivity contribution >= 4 is 0 Å². The van der Waals surface area contributed by atoms with Crippen molar-refractivity contribution in [2.45, 2.75) is 39.3 Å². The van der Waals surface area contributed by atoms with E-state index in [2.05, 4.69) is 60.1 Å². The Bertz CT molecular complexity index is 433. The van der Waals surface area contributed by atoms with Crippen LogP contribution in [0.2, 0.25) is 0 Å². The number of likely N-dealkylation sites (N-methyl/N-ethyl adjacent to an activating group) is 3. The summed E-state index contributed by atoms with van der Waals surface area (Å²) in [5.74, 6) is 2.10. The van der Waals surface area contributed by atoms with Crippen molar-refractivity contribution in [2.24, 2.45) is 5.92 Å². The summed E-state index contributed by atoms with van der Waals surface area (Å²) in [5, 5.41) is 7.70. The van der Waals surface area contributed by atoms with E-state index in [4.69, 9.17) is 4.52 Å². The minimum atomic E-state index is 0.234. The molecule has 0 amide bonds. The van der Waals surface area contributed by atoms with Crippen molar-refractivity contribution in [1.82, 2.24) is 25.3 Å². The molecular formula is C15H29N5O. The first-order valence-corrected chi connectivity index (χ1v) is 7.95. The molecule has 0 radical (unpaired) electrons. The normalized spacial score (nSPS) is 22.9. The van der Waals surface area contributed by atoms with Gasteiger partial charge in [0.25, 0.3) is 0 Å². The number of rotatable bonds is 6. The van der Waals surface area contributed by atoms with Crippen LogP contribution in [0.15, 0.2) is 4.52 Å². The lowest BCUT2D eigenvalue weighted by Gasteiger charge is -2.35. The van der Waals surface area contributed by atoms with Crippen LogP contribution in [0.5, 0.6) is 0 Å². The Kier molecular flexibility index (Phi) is 5.72. The minimum absolute atomic E-state index is 0.234. The summed E-state index contributed by atoms with van der Waals surface area (Å²) in [6, 6.07) is 0.618. The largest absolute Gasteiger partial charge is 0.339 e. The molecule has 21 heavy (non-hydrogen) atoms. The van der Waals surface area contributed by atoms with Crippen molar-refractivity contribution in [3.05, 3.63) is 11.7 Å². The van der Waals surface area contributed by atoms with Crippen LogP contribution in [0.3, 0.4) is 0 Å². The van der Waals surface area contributed by atoms with E-state index in [0.717, 1.165) is 44.3 Å². The van der Waals surface area contributed by atoms with E-state index < -0.39 is 0 Å². The summed E-state index contributed by atoms with van der Waals surface area (Å²) >= 11 is 0. The standard InChI is InChI=1S/C15H29N5O/c1-6-16-12(11(2)3)9-14-17-15(18-21-14)13-10-19(4)7-8-20(13)5/h11-13,16H,6-10H2,1-5H3. The van der Waals surface area contributed by atoms with Crippen LogP contribution in [0.4, 0.5) is 0 Å². The maximum atomic E-state index is 5.48. The Balaban J connectivity index is 2.03. The molecule has 1 aromatic heterocycles. The Labute approximate surface area is 127 Å². The van der Waals surface area contributed by atoms with Crippen molar-refractivity contribution in [3.8, 4) is 0 Å². The molecule has 1 saturated heterocycles. The van der Waals surface area contributed by atoms with Gasteiger partial charge in [0.15, 0.2) is 5.82 Å². The van der Waals surface area contributed by atoms with E-state index in [-0.39, 0.29) is 6.04 Å². The van der Waals surface area contributed by atoms with Crippen molar-refractivity contribution in [3.63, 3.8) is 0 Å². The van der Waals surface area contributed by atoms with E-state index in [1.54, 1.807) is 0 Å². The zero-order chi connectivity index (χ0) is 15.4. The highest BCUT2D eigenvalue weighted by atomic mass is 16.5. The van der Waals surface area contributed by atoms with Gasteiger partial charge >= 0.3 is 0 Å². The lowest BCUT2D eigenvalue weighted by Crippen LogP contribution is -2.45. The average molecular weight is 295 g/mol. The highest BCUT2D eigenvalue weighted by Crippen LogP contribution is 2.21. The maximum absolute atomic E-state index is 5.48. The molecule has 0 saturated carbocycles. The molecule has 6 nitrogen and oxygen atoms in total. The van der Waals surface area contributed by atoms with Gasteiger partial charge < -0.3 is 14.7 Å². The first-order valence-electron chi connectivity index (χ1n) is 7.95. The van der Waals surface area contributed by atoms with Gasteiger partial charge in [-0.2, -0.15) is 4.98 Å². The zero-order valence-corrected chi connectivity index (χ0v) is 14.0. The second kappa shape index (κ2) is 7.33. The van der Waals surface area contributed by atoms with E-state index in [9.17, 15) is 0 Å². The van der Waals surface area contributed by atoms with Gasteiger partial charge in [-0.1, -0.05) is 25.9 Å². The molecule has 2 atom stereocenters. The Hall–Kier alpha value is -0.980. The summed E-state index contributed by atoms with van der Waals surface area (Å²) < 4.78 is 5.48. The molecule has 120 valence electrons. The summed E-state index contributed by atoms with van der Waals surface area (Å²) in [6.07, 6.45) is 0.796. The molecule has 1 N–H and O–H groups in total. The molecule has 0 aliphatic carbocycles. The third-order valence-electron chi connectivity index (χ3n) is 4.30. The fourth-order valence-corrected chi connectivity index (χ4v) is 2.77. The lowest BCUT2D eigenvalue weighted by atomic mass is 10.0. The van der Waals surface area contributed by atoms with E-state index >= 15 is 0 Å². The van der Waals surface area contributed by atoms with Crippen LogP contribution in [0.25, 0.3) is 0 Å². The smallest absolute Gasteiger partial charge is 0.228 e. The predicted molar refractivity (Wildman–Crippen MR) is 83.2 cm³/mol. The summed E-state index contributed by atoms with van der Waals surface area (Å²) in [4.78, 5) is 9.26. The molecular weight excluding hydrogens is 266 g/mol. The summed E-state index contributed by atoms with van der Waals surface area (Å²) in [7, 11) is 4.27. The predicted octanol–water partition coefficient (Wildman–Crippen LogP) is 1.16. The molecule has 0 aromatic carbocycles. The van der Waals surface area contributed by atoms with Gasteiger partial charge in [-0.3, -0.25) is 4.90 Å². The third kappa shape index (κ3) is 4.25. The number of aromatic nitrogens is 2. The summed E-state index contributed by atoms with van der Waals surface area (Å²) in [6.45, 7) is 10.6. The van der Waals surface area contributed by atoms with Gasteiger partial charge in [-0.05, 0) is 26.6 Å². The average Bonchev–Trinajstić information content (AvgIpc) is 2.89. The molecule has 2 heterocycles. The molecule has 1 aliphatic heterocycles. The van der Waals surface area contributed by atoms with Gasteiger partial charge in [0.05, 0.1) is 6.04 Å². The Morgan fingerprint density at radius 2 is 2.10 bits per heavy atom. The molecule has 2 rings (SSSR count). The molecule has 1 fully saturated rings. The van der Waals surface area contributed by atoms with Crippen molar-refractivity contribution in [1.29, 1.82) is 0 Å². The number of nitrogens with one attached hydrogen (secondary N) is 1. The fourth-order valence-electron chi connectivity index (χ4n) is 2.77. The quantitative estimate of drug-likeness (QED) is 0.850. The minimum Gasteiger partial charge on any atom is -0.339 e.